The summed E-state index contributed by atoms with van der Waals surface area (Å²) in [4.78, 5) is 20.2. The van der Waals surface area contributed by atoms with Gasteiger partial charge in [-0.25, -0.2) is 5.09 Å². The molecule has 0 amide bonds. The van der Waals surface area contributed by atoms with Gasteiger partial charge in [0.15, 0.2) is 0 Å². The van der Waals surface area contributed by atoms with E-state index in [1.54, 1.807) is 26.8 Å². The summed E-state index contributed by atoms with van der Waals surface area (Å²) in [6.07, 6.45) is 0. The Labute approximate surface area is 110 Å². The monoisotopic (exact) mass is 290 g/mol. The van der Waals surface area contributed by atoms with Crippen molar-refractivity contribution in [3.05, 3.63) is 33.9 Å². The molecule has 1 rings (SSSR count). The molecule has 0 fully saturated rings. The van der Waals surface area contributed by atoms with Crippen LogP contribution in [0.1, 0.15) is 19.4 Å². The van der Waals surface area contributed by atoms with E-state index < -0.39 is 11.6 Å². The third-order valence-corrected chi connectivity index (χ3v) is 3.78. The average molecular weight is 290 g/mol. The SMILES string of the molecule is Cc1ccc(OP(O)(=S)NC(C)C)c([N+](=O)[O-])c1. The van der Waals surface area contributed by atoms with Gasteiger partial charge in [0, 0.05) is 12.1 Å². The molecule has 0 radical (unpaired) electrons. The Morgan fingerprint density at radius 1 is 1.56 bits per heavy atom. The second kappa shape index (κ2) is 5.75. The molecular formula is C10H15N2O4PS. The highest BCUT2D eigenvalue weighted by Gasteiger charge is 2.23. The van der Waals surface area contributed by atoms with Gasteiger partial charge >= 0.3 is 12.3 Å². The molecule has 0 saturated heterocycles. The lowest BCUT2D eigenvalue weighted by Gasteiger charge is -2.20. The minimum absolute atomic E-state index is 0.0235. The van der Waals surface area contributed by atoms with E-state index in [0.29, 0.717) is 0 Å². The second-order valence-electron chi connectivity index (χ2n) is 4.12. The Morgan fingerprint density at radius 3 is 2.67 bits per heavy atom. The van der Waals surface area contributed by atoms with Crippen LogP contribution in [0.3, 0.4) is 0 Å². The van der Waals surface area contributed by atoms with Crippen molar-refractivity contribution < 1.29 is 14.3 Å². The minimum Gasteiger partial charge on any atom is -0.425 e. The first-order valence-electron chi connectivity index (χ1n) is 5.26. The number of hydrogen-bond donors (Lipinski definition) is 2. The highest BCUT2D eigenvalue weighted by Crippen LogP contribution is 2.43. The van der Waals surface area contributed by atoms with Gasteiger partial charge in [-0.1, -0.05) is 6.07 Å². The predicted molar refractivity (Wildman–Crippen MR) is 73.2 cm³/mol. The van der Waals surface area contributed by atoms with Crippen molar-refractivity contribution in [1.29, 1.82) is 0 Å². The zero-order chi connectivity index (χ0) is 13.9. The number of nitro benzene ring substituents is 1. The molecule has 0 aliphatic carbocycles. The van der Waals surface area contributed by atoms with Crippen molar-refractivity contribution in [3.8, 4) is 5.75 Å². The summed E-state index contributed by atoms with van der Waals surface area (Å²) in [7, 11) is 0. The normalized spacial score (nSPS) is 14.3. The minimum atomic E-state index is -3.27. The van der Waals surface area contributed by atoms with Crippen LogP contribution >= 0.6 is 6.64 Å². The third kappa shape index (κ3) is 4.34. The number of nitro groups is 1. The van der Waals surface area contributed by atoms with Crippen LogP contribution in [0, 0.1) is 17.0 Å². The van der Waals surface area contributed by atoms with Gasteiger partial charge < -0.3 is 9.42 Å². The largest absolute Gasteiger partial charge is 0.425 e. The summed E-state index contributed by atoms with van der Waals surface area (Å²) in [6.45, 7) is 2.05. The molecule has 100 valence electrons. The van der Waals surface area contributed by atoms with Crippen molar-refractivity contribution in [2.45, 2.75) is 26.8 Å². The van der Waals surface area contributed by atoms with Crippen molar-refractivity contribution in [2.24, 2.45) is 0 Å². The van der Waals surface area contributed by atoms with Crippen LogP contribution in [-0.2, 0) is 11.8 Å². The fourth-order valence-electron chi connectivity index (χ4n) is 1.33. The van der Waals surface area contributed by atoms with E-state index in [9.17, 15) is 15.0 Å². The van der Waals surface area contributed by atoms with Gasteiger partial charge in [0.25, 0.3) is 0 Å². The van der Waals surface area contributed by atoms with Crippen molar-refractivity contribution >= 4 is 24.1 Å². The molecule has 6 nitrogen and oxygen atoms in total. The summed E-state index contributed by atoms with van der Waals surface area (Å²) in [5.41, 5.74) is 0.529. The lowest BCUT2D eigenvalue weighted by Crippen LogP contribution is -2.21. The lowest BCUT2D eigenvalue weighted by atomic mass is 10.2. The molecule has 0 aliphatic heterocycles. The predicted octanol–water partition coefficient (Wildman–Crippen LogP) is 2.50. The van der Waals surface area contributed by atoms with Gasteiger partial charge in [-0.15, -0.1) is 0 Å². The Kier molecular flexibility index (Phi) is 4.81. The molecule has 18 heavy (non-hydrogen) atoms. The van der Waals surface area contributed by atoms with Gasteiger partial charge in [0.1, 0.15) is 0 Å². The molecule has 2 N–H and O–H groups in total. The summed E-state index contributed by atoms with van der Waals surface area (Å²) >= 11 is 4.89. The summed E-state index contributed by atoms with van der Waals surface area (Å²) in [6, 6.07) is 4.39. The van der Waals surface area contributed by atoms with E-state index >= 15 is 0 Å². The topological polar surface area (TPSA) is 84.6 Å². The van der Waals surface area contributed by atoms with E-state index in [1.807, 2.05) is 0 Å². The van der Waals surface area contributed by atoms with Crippen LogP contribution < -0.4 is 9.61 Å². The van der Waals surface area contributed by atoms with E-state index in [-0.39, 0.29) is 17.5 Å². The van der Waals surface area contributed by atoms with E-state index in [0.717, 1.165) is 5.56 Å². The van der Waals surface area contributed by atoms with E-state index in [4.69, 9.17) is 16.3 Å². The van der Waals surface area contributed by atoms with Gasteiger partial charge in [-0.2, -0.15) is 0 Å². The smallest absolute Gasteiger partial charge is 0.311 e. The fraction of sp³-hybridized carbons (Fsp3) is 0.400. The van der Waals surface area contributed by atoms with E-state index in [2.05, 4.69) is 5.09 Å². The molecule has 0 aromatic heterocycles. The molecule has 0 heterocycles. The van der Waals surface area contributed by atoms with Gasteiger partial charge in [0.05, 0.1) is 4.92 Å². The quantitative estimate of drug-likeness (QED) is 0.492. The first kappa shape index (κ1) is 15.0. The van der Waals surface area contributed by atoms with Crippen molar-refractivity contribution in [3.63, 3.8) is 0 Å². The van der Waals surface area contributed by atoms with Gasteiger partial charge in [-0.05, 0) is 44.2 Å². The molecule has 1 unspecified atom stereocenters. The van der Waals surface area contributed by atoms with Crippen LogP contribution in [0.15, 0.2) is 18.2 Å². The van der Waals surface area contributed by atoms with Crippen molar-refractivity contribution in [1.82, 2.24) is 5.09 Å². The number of aryl methyl sites for hydroxylation is 1. The first-order valence-corrected chi connectivity index (χ1v) is 7.94. The molecular weight excluding hydrogens is 275 g/mol. The summed E-state index contributed by atoms with van der Waals surface area (Å²) in [5, 5.41) is 13.6. The maximum absolute atomic E-state index is 10.9. The number of nitrogens with zero attached hydrogens (tertiary/aromatic N) is 1. The summed E-state index contributed by atoms with van der Waals surface area (Å²) < 4.78 is 5.19. The van der Waals surface area contributed by atoms with E-state index in [1.165, 1.54) is 12.1 Å². The molecule has 0 aliphatic rings. The first-order chi connectivity index (χ1) is 8.21. The molecule has 1 aromatic carbocycles. The van der Waals surface area contributed by atoms with Crippen LogP contribution in [-0.4, -0.2) is 15.9 Å². The zero-order valence-electron chi connectivity index (χ0n) is 10.3. The number of rotatable bonds is 5. The number of benzene rings is 1. The van der Waals surface area contributed by atoms with Crippen LogP contribution in [0.5, 0.6) is 5.75 Å². The van der Waals surface area contributed by atoms with Gasteiger partial charge in [0.2, 0.25) is 5.75 Å². The molecule has 0 spiro atoms. The fourth-order valence-corrected chi connectivity index (χ4v) is 3.33. The standard InChI is InChI=1S/C10H15N2O4PS/c1-7(2)11-17(15,18)16-10-5-4-8(3)6-9(10)12(13)14/h4-7H,1-3H3,(H2,11,15,18). The number of hydrogen-bond acceptors (Lipinski definition) is 4. The highest BCUT2D eigenvalue weighted by molar-refractivity contribution is 8.08. The molecule has 0 bridgehead atoms. The maximum Gasteiger partial charge on any atom is 0.311 e. The number of nitrogens with one attached hydrogen (secondary N) is 1. The molecule has 8 heteroatoms. The molecule has 1 aromatic rings. The van der Waals surface area contributed by atoms with Crippen LogP contribution in [0.2, 0.25) is 0 Å². The van der Waals surface area contributed by atoms with Gasteiger partial charge in [-0.3, -0.25) is 10.1 Å². The summed E-state index contributed by atoms with van der Waals surface area (Å²) in [5.74, 6) is -0.0235. The van der Waals surface area contributed by atoms with Crippen LogP contribution in [0.25, 0.3) is 0 Å². The second-order valence-corrected chi connectivity index (χ2v) is 7.09. The molecule has 0 saturated carbocycles. The zero-order valence-corrected chi connectivity index (χ0v) is 12.0. The Morgan fingerprint density at radius 2 is 2.17 bits per heavy atom. The maximum atomic E-state index is 10.9. The van der Waals surface area contributed by atoms with Crippen LogP contribution in [0.4, 0.5) is 5.69 Å². The Balaban J connectivity index is 3.04. The Bertz CT molecular complexity index is 507. The average Bonchev–Trinajstić information content (AvgIpc) is 2.18. The molecule has 1 atom stereocenters. The van der Waals surface area contributed by atoms with Crippen molar-refractivity contribution in [2.75, 3.05) is 0 Å². The third-order valence-electron chi connectivity index (χ3n) is 1.95. The lowest BCUT2D eigenvalue weighted by molar-refractivity contribution is -0.385. The Hall–Kier alpha value is -1.01. The highest BCUT2D eigenvalue weighted by atomic mass is 32.5.